The molecule has 0 spiro atoms. The third-order valence-electron chi connectivity index (χ3n) is 3.93. The topological polar surface area (TPSA) is 46.6 Å². The lowest BCUT2D eigenvalue weighted by Gasteiger charge is -2.33. The van der Waals surface area contributed by atoms with Crippen molar-refractivity contribution < 1.29 is 14.3 Å². The predicted molar refractivity (Wildman–Crippen MR) is 83.7 cm³/mol. The third kappa shape index (κ3) is 3.46. The van der Waals surface area contributed by atoms with Crippen LogP contribution in [0.5, 0.6) is 0 Å². The lowest BCUT2D eigenvalue weighted by molar-refractivity contribution is -0.149. The number of carbonyl (C=O) groups is 2. The Morgan fingerprint density at radius 3 is 2.76 bits per heavy atom. The summed E-state index contributed by atoms with van der Waals surface area (Å²) >= 11 is 1.52. The minimum Gasteiger partial charge on any atom is -0.464 e. The van der Waals surface area contributed by atoms with Gasteiger partial charge in [0.15, 0.2) is 0 Å². The van der Waals surface area contributed by atoms with E-state index in [1.807, 2.05) is 13.0 Å². The highest BCUT2D eigenvalue weighted by Gasteiger charge is 2.34. The minimum absolute atomic E-state index is 0.0273. The number of rotatable bonds is 4. The van der Waals surface area contributed by atoms with E-state index in [9.17, 15) is 9.59 Å². The summed E-state index contributed by atoms with van der Waals surface area (Å²) in [6.07, 6.45) is 3.55. The minimum atomic E-state index is -0.418. The molecule has 0 aliphatic carbocycles. The molecule has 4 nitrogen and oxygen atoms in total. The van der Waals surface area contributed by atoms with Crippen LogP contribution in [-0.2, 0) is 16.0 Å². The number of hydrogen-bond acceptors (Lipinski definition) is 4. The quantitative estimate of drug-likeness (QED) is 0.803. The second kappa shape index (κ2) is 7.07. The van der Waals surface area contributed by atoms with Crippen molar-refractivity contribution in [3.05, 3.63) is 21.4 Å². The Morgan fingerprint density at radius 2 is 2.14 bits per heavy atom. The average Bonchev–Trinajstić information content (AvgIpc) is 2.88. The van der Waals surface area contributed by atoms with Crippen molar-refractivity contribution in [3.63, 3.8) is 0 Å². The second-order valence-corrected chi connectivity index (χ2v) is 6.56. The molecule has 2 rings (SSSR count). The van der Waals surface area contributed by atoms with Gasteiger partial charge in [-0.1, -0.05) is 6.92 Å². The lowest BCUT2D eigenvalue weighted by atomic mass is 10.0. The van der Waals surface area contributed by atoms with Gasteiger partial charge in [0.05, 0.1) is 11.5 Å². The van der Waals surface area contributed by atoms with Gasteiger partial charge in [-0.2, -0.15) is 0 Å². The number of thiophene rings is 1. The fourth-order valence-corrected chi connectivity index (χ4v) is 3.85. The number of piperidine rings is 1. The summed E-state index contributed by atoms with van der Waals surface area (Å²) in [4.78, 5) is 28.4. The van der Waals surface area contributed by atoms with Crippen LogP contribution in [-0.4, -0.2) is 36.0 Å². The first kappa shape index (κ1) is 16.0. The number of esters is 1. The third-order valence-corrected chi connectivity index (χ3v) is 5.02. The fraction of sp³-hybridized carbons (Fsp3) is 0.625. The summed E-state index contributed by atoms with van der Waals surface area (Å²) in [7, 11) is 0. The predicted octanol–water partition coefficient (Wildman–Crippen LogP) is 3.18. The van der Waals surface area contributed by atoms with Gasteiger partial charge in [0.2, 0.25) is 0 Å². The summed E-state index contributed by atoms with van der Waals surface area (Å²) in [5.41, 5.74) is 1.22. The van der Waals surface area contributed by atoms with E-state index >= 15 is 0 Å². The molecular weight excluding hydrogens is 286 g/mol. The van der Waals surface area contributed by atoms with E-state index in [0.29, 0.717) is 19.6 Å². The Kier molecular flexibility index (Phi) is 5.39. The van der Waals surface area contributed by atoms with Crippen molar-refractivity contribution in [2.24, 2.45) is 0 Å². The van der Waals surface area contributed by atoms with E-state index in [4.69, 9.17) is 4.74 Å². The smallest absolute Gasteiger partial charge is 0.328 e. The van der Waals surface area contributed by atoms with Crippen LogP contribution in [0.25, 0.3) is 0 Å². The molecule has 1 atom stereocenters. The zero-order valence-electron chi connectivity index (χ0n) is 13.0. The summed E-state index contributed by atoms with van der Waals surface area (Å²) in [5.74, 6) is -0.296. The molecule has 0 radical (unpaired) electrons. The van der Waals surface area contributed by atoms with Crippen LogP contribution in [0, 0.1) is 6.92 Å². The lowest BCUT2D eigenvalue weighted by Crippen LogP contribution is -2.48. The van der Waals surface area contributed by atoms with Crippen LogP contribution in [0.2, 0.25) is 0 Å². The van der Waals surface area contributed by atoms with Crippen LogP contribution >= 0.6 is 11.3 Å². The molecule has 1 aromatic rings. The fourth-order valence-electron chi connectivity index (χ4n) is 2.78. The SMILES string of the molecule is CCOC(=O)C1CCCCN1C(=O)c1cc(CC)c(C)s1. The molecule has 0 N–H and O–H groups in total. The molecule has 1 fully saturated rings. The highest BCUT2D eigenvalue weighted by molar-refractivity contribution is 7.14. The van der Waals surface area contributed by atoms with Gasteiger partial charge in [0, 0.05) is 11.4 Å². The number of amides is 1. The van der Waals surface area contributed by atoms with E-state index in [1.54, 1.807) is 11.8 Å². The van der Waals surface area contributed by atoms with Gasteiger partial charge in [-0.25, -0.2) is 4.79 Å². The van der Waals surface area contributed by atoms with E-state index in [-0.39, 0.29) is 11.9 Å². The molecule has 0 aromatic carbocycles. The van der Waals surface area contributed by atoms with Gasteiger partial charge < -0.3 is 9.64 Å². The molecule has 1 aromatic heterocycles. The molecule has 116 valence electrons. The molecule has 1 unspecified atom stereocenters. The highest BCUT2D eigenvalue weighted by atomic mass is 32.1. The Balaban J connectivity index is 2.19. The first-order chi connectivity index (χ1) is 10.1. The van der Waals surface area contributed by atoms with Crippen LogP contribution < -0.4 is 0 Å². The van der Waals surface area contributed by atoms with Crippen LogP contribution in [0.4, 0.5) is 0 Å². The molecule has 0 bridgehead atoms. The molecule has 1 aliphatic heterocycles. The van der Waals surface area contributed by atoms with Crippen molar-refractivity contribution in [1.82, 2.24) is 4.90 Å². The molecule has 0 saturated carbocycles. The Hall–Kier alpha value is -1.36. The monoisotopic (exact) mass is 309 g/mol. The van der Waals surface area contributed by atoms with Crippen molar-refractivity contribution in [1.29, 1.82) is 0 Å². The number of aryl methyl sites for hydroxylation is 2. The van der Waals surface area contributed by atoms with Crippen LogP contribution in [0.15, 0.2) is 6.07 Å². The maximum absolute atomic E-state index is 12.7. The Morgan fingerprint density at radius 1 is 1.38 bits per heavy atom. The van der Waals surface area contributed by atoms with Gasteiger partial charge in [-0.15, -0.1) is 11.3 Å². The molecule has 21 heavy (non-hydrogen) atoms. The molecule has 1 aliphatic rings. The Labute approximate surface area is 130 Å². The molecule has 5 heteroatoms. The maximum Gasteiger partial charge on any atom is 0.328 e. The van der Waals surface area contributed by atoms with E-state index in [0.717, 1.165) is 24.1 Å². The molecular formula is C16H23NO3S. The first-order valence-corrected chi connectivity index (χ1v) is 8.47. The van der Waals surface area contributed by atoms with Crippen molar-refractivity contribution in [3.8, 4) is 0 Å². The van der Waals surface area contributed by atoms with Gasteiger partial charge in [-0.05, 0) is 51.2 Å². The van der Waals surface area contributed by atoms with Crippen LogP contribution in [0.1, 0.15) is 53.2 Å². The van der Waals surface area contributed by atoms with Gasteiger partial charge in [-0.3, -0.25) is 4.79 Å². The average molecular weight is 309 g/mol. The summed E-state index contributed by atoms with van der Waals surface area (Å²) in [6, 6.07) is 1.55. The summed E-state index contributed by atoms with van der Waals surface area (Å²) in [5, 5.41) is 0. The zero-order chi connectivity index (χ0) is 15.4. The molecule has 1 amide bonds. The van der Waals surface area contributed by atoms with E-state index in [2.05, 4.69) is 6.92 Å². The van der Waals surface area contributed by atoms with E-state index in [1.165, 1.54) is 21.8 Å². The van der Waals surface area contributed by atoms with E-state index < -0.39 is 6.04 Å². The van der Waals surface area contributed by atoms with Gasteiger partial charge in [0.1, 0.15) is 6.04 Å². The summed E-state index contributed by atoms with van der Waals surface area (Å²) < 4.78 is 5.12. The number of nitrogens with zero attached hydrogens (tertiary/aromatic N) is 1. The normalized spacial score (nSPS) is 18.6. The second-order valence-electron chi connectivity index (χ2n) is 5.31. The molecule has 1 saturated heterocycles. The number of ether oxygens (including phenoxy) is 1. The number of carbonyl (C=O) groups excluding carboxylic acids is 2. The highest BCUT2D eigenvalue weighted by Crippen LogP contribution is 2.27. The standard InChI is InChI=1S/C16H23NO3S/c1-4-12-10-14(21-11(12)3)15(18)17-9-7-6-8-13(17)16(19)20-5-2/h10,13H,4-9H2,1-3H3. The number of likely N-dealkylation sites (tertiary alicyclic amines) is 1. The Bertz CT molecular complexity index is 524. The summed E-state index contributed by atoms with van der Waals surface area (Å²) in [6.45, 7) is 6.92. The maximum atomic E-state index is 12.7. The number of hydrogen-bond donors (Lipinski definition) is 0. The van der Waals surface area contributed by atoms with Crippen LogP contribution in [0.3, 0.4) is 0 Å². The van der Waals surface area contributed by atoms with Gasteiger partial charge >= 0.3 is 5.97 Å². The van der Waals surface area contributed by atoms with Crippen molar-refractivity contribution in [2.75, 3.05) is 13.2 Å². The first-order valence-electron chi connectivity index (χ1n) is 7.65. The molecule has 2 heterocycles. The van der Waals surface area contributed by atoms with Gasteiger partial charge in [0.25, 0.3) is 5.91 Å². The zero-order valence-corrected chi connectivity index (χ0v) is 13.8. The van der Waals surface area contributed by atoms with Crippen molar-refractivity contribution in [2.45, 2.75) is 52.5 Å². The largest absolute Gasteiger partial charge is 0.464 e. The van der Waals surface area contributed by atoms with Crippen molar-refractivity contribution >= 4 is 23.2 Å².